The average Bonchev–Trinajstić information content (AvgIpc) is 3.21. The number of phenols is 1. The van der Waals surface area contributed by atoms with Gasteiger partial charge in [0.1, 0.15) is 17.1 Å². The van der Waals surface area contributed by atoms with Crippen LogP contribution in [0.25, 0.3) is 33.6 Å². The van der Waals surface area contributed by atoms with Crippen LogP contribution in [0.1, 0.15) is 44.0 Å². The van der Waals surface area contributed by atoms with Crippen LogP contribution in [0.5, 0.6) is 5.75 Å². The summed E-state index contributed by atoms with van der Waals surface area (Å²) in [5.41, 5.74) is 3.95. The van der Waals surface area contributed by atoms with Crippen LogP contribution in [0, 0.1) is 6.92 Å². The normalized spacial score (nSPS) is 15.9. The topological polar surface area (TPSA) is 64.1 Å². The molecule has 2 aromatic heterocycles. The summed E-state index contributed by atoms with van der Waals surface area (Å²) in [6.45, 7) is 2.05. The molecule has 2 aromatic carbocycles. The Kier molecular flexibility index (Phi) is 3.48. The number of aromatic nitrogens is 3. The first-order chi connectivity index (χ1) is 12.7. The molecule has 0 spiro atoms. The Balaban J connectivity index is 1.65. The molecule has 0 atom stereocenters. The largest absolute Gasteiger partial charge is 0.507 e. The minimum atomic E-state index is 0.181. The number of rotatable bonds is 2. The lowest BCUT2D eigenvalue weighted by molar-refractivity contribution is 0.355. The lowest BCUT2D eigenvalue weighted by atomic mass is 9.95. The van der Waals surface area contributed by atoms with Crippen molar-refractivity contribution in [2.75, 3.05) is 0 Å². The highest BCUT2D eigenvalue weighted by atomic mass is 16.3. The summed E-state index contributed by atoms with van der Waals surface area (Å²) in [6, 6.07) is 11.8. The highest BCUT2D eigenvalue weighted by Crippen LogP contribution is 2.38. The lowest BCUT2D eigenvalue weighted by Gasteiger charge is -2.25. The van der Waals surface area contributed by atoms with Crippen LogP contribution in [0.15, 0.2) is 40.8 Å². The molecule has 0 amide bonds. The molecule has 1 fully saturated rings. The molecule has 5 rings (SSSR count). The minimum absolute atomic E-state index is 0.181. The van der Waals surface area contributed by atoms with Crippen molar-refractivity contribution in [3.05, 3.63) is 42.2 Å². The van der Waals surface area contributed by atoms with Gasteiger partial charge in [0.2, 0.25) is 5.89 Å². The zero-order valence-corrected chi connectivity index (χ0v) is 14.8. The molecule has 2 heterocycles. The van der Waals surface area contributed by atoms with Crippen molar-refractivity contribution >= 4 is 22.1 Å². The number of hydrogen-bond donors (Lipinski definition) is 1. The molecule has 0 saturated heterocycles. The number of oxazole rings is 1. The third-order valence-electron chi connectivity index (χ3n) is 5.45. The van der Waals surface area contributed by atoms with E-state index in [1.165, 1.54) is 32.1 Å². The number of fused-ring (bicyclic) bond motifs is 2. The van der Waals surface area contributed by atoms with Crippen molar-refractivity contribution in [1.82, 2.24) is 14.5 Å². The van der Waals surface area contributed by atoms with Gasteiger partial charge in [-0.15, -0.1) is 0 Å². The summed E-state index contributed by atoms with van der Waals surface area (Å²) >= 11 is 0. The number of nitrogens with zero attached hydrogens (tertiary/aromatic N) is 3. The summed E-state index contributed by atoms with van der Waals surface area (Å²) < 4.78 is 8.13. The number of imidazole rings is 1. The van der Waals surface area contributed by atoms with Crippen molar-refractivity contribution in [2.45, 2.75) is 45.1 Å². The summed E-state index contributed by atoms with van der Waals surface area (Å²) in [4.78, 5) is 9.26. The molecule has 1 saturated carbocycles. The predicted molar refractivity (Wildman–Crippen MR) is 101 cm³/mol. The van der Waals surface area contributed by atoms with Gasteiger partial charge in [-0.2, -0.15) is 0 Å². The summed E-state index contributed by atoms with van der Waals surface area (Å²) in [6.07, 6.45) is 6.20. The maximum atomic E-state index is 10.7. The molecule has 5 nitrogen and oxygen atoms in total. The van der Waals surface area contributed by atoms with E-state index < -0.39 is 0 Å². The minimum Gasteiger partial charge on any atom is -0.507 e. The molecule has 0 radical (unpaired) electrons. The van der Waals surface area contributed by atoms with Gasteiger partial charge in [-0.05, 0) is 38.0 Å². The highest BCUT2D eigenvalue weighted by molar-refractivity contribution is 5.86. The molecular formula is C21H21N3O2. The number of benzene rings is 2. The quantitative estimate of drug-likeness (QED) is 0.530. The third-order valence-corrected chi connectivity index (χ3v) is 5.45. The first-order valence-electron chi connectivity index (χ1n) is 9.28. The Bertz CT molecular complexity index is 1070. The van der Waals surface area contributed by atoms with E-state index in [2.05, 4.69) is 9.55 Å². The molecule has 4 aromatic rings. The third kappa shape index (κ3) is 2.38. The fourth-order valence-corrected chi connectivity index (χ4v) is 4.21. The standard InChI is InChI=1S/C21H21N3O2/c1-13-22-17-11-15(21-23-16-9-5-6-10-20(16)26-21)19(25)12-18(17)24(13)14-7-3-2-4-8-14/h5-6,9-12,14,25H,2-4,7-8H2,1H3. The van der Waals surface area contributed by atoms with Crippen LogP contribution in [-0.2, 0) is 0 Å². The van der Waals surface area contributed by atoms with Crippen LogP contribution in [-0.4, -0.2) is 19.6 Å². The first-order valence-corrected chi connectivity index (χ1v) is 9.28. The molecule has 1 N–H and O–H groups in total. The first kappa shape index (κ1) is 15.4. The van der Waals surface area contributed by atoms with Gasteiger partial charge in [0.25, 0.3) is 0 Å². The van der Waals surface area contributed by atoms with Crippen molar-refractivity contribution in [3.8, 4) is 17.2 Å². The van der Waals surface area contributed by atoms with Gasteiger partial charge in [-0.3, -0.25) is 0 Å². The van der Waals surface area contributed by atoms with E-state index in [9.17, 15) is 5.11 Å². The molecular weight excluding hydrogens is 326 g/mol. The number of aryl methyl sites for hydroxylation is 1. The Hall–Kier alpha value is -2.82. The van der Waals surface area contributed by atoms with Gasteiger partial charge in [-0.25, -0.2) is 9.97 Å². The van der Waals surface area contributed by atoms with Crippen molar-refractivity contribution < 1.29 is 9.52 Å². The van der Waals surface area contributed by atoms with Gasteiger partial charge in [0.05, 0.1) is 16.6 Å². The van der Waals surface area contributed by atoms with E-state index in [-0.39, 0.29) is 5.75 Å². The van der Waals surface area contributed by atoms with E-state index in [0.717, 1.165) is 22.4 Å². The zero-order chi connectivity index (χ0) is 17.7. The second-order valence-electron chi connectivity index (χ2n) is 7.17. The van der Waals surface area contributed by atoms with E-state index in [1.54, 1.807) is 0 Å². The van der Waals surface area contributed by atoms with Crippen LogP contribution in [0.3, 0.4) is 0 Å². The van der Waals surface area contributed by atoms with Gasteiger partial charge in [0, 0.05) is 12.1 Å². The van der Waals surface area contributed by atoms with Gasteiger partial charge in [0.15, 0.2) is 5.58 Å². The summed E-state index contributed by atoms with van der Waals surface area (Å²) in [5, 5.41) is 10.7. The molecule has 0 aliphatic heterocycles. The lowest BCUT2D eigenvalue weighted by Crippen LogP contribution is -2.13. The molecule has 1 aliphatic carbocycles. The molecule has 1 aliphatic rings. The Labute approximate surface area is 151 Å². The average molecular weight is 347 g/mol. The van der Waals surface area contributed by atoms with E-state index in [1.807, 2.05) is 43.3 Å². The number of aromatic hydroxyl groups is 1. The fourth-order valence-electron chi connectivity index (χ4n) is 4.21. The second-order valence-corrected chi connectivity index (χ2v) is 7.17. The fraction of sp³-hybridized carbons (Fsp3) is 0.333. The number of phenolic OH excluding ortho intramolecular Hbond substituents is 1. The maximum Gasteiger partial charge on any atom is 0.231 e. The molecule has 26 heavy (non-hydrogen) atoms. The van der Waals surface area contributed by atoms with Gasteiger partial charge in [-0.1, -0.05) is 31.4 Å². The van der Waals surface area contributed by atoms with Gasteiger partial charge < -0.3 is 14.1 Å². The Morgan fingerprint density at radius 2 is 1.85 bits per heavy atom. The van der Waals surface area contributed by atoms with Crippen LogP contribution in [0.2, 0.25) is 0 Å². The van der Waals surface area contributed by atoms with E-state index in [0.29, 0.717) is 23.1 Å². The van der Waals surface area contributed by atoms with Gasteiger partial charge >= 0.3 is 0 Å². The predicted octanol–water partition coefficient (Wildman–Crippen LogP) is 5.36. The molecule has 132 valence electrons. The number of para-hydroxylation sites is 2. The zero-order valence-electron chi connectivity index (χ0n) is 14.8. The number of hydrogen-bond acceptors (Lipinski definition) is 4. The Morgan fingerprint density at radius 1 is 1.04 bits per heavy atom. The molecule has 0 bridgehead atoms. The van der Waals surface area contributed by atoms with Crippen molar-refractivity contribution in [3.63, 3.8) is 0 Å². The Morgan fingerprint density at radius 3 is 2.65 bits per heavy atom. The summed E-state index contributed by atoms with van der Waals surface area (Å²) in [5.74, 6) is 1.61. The van der Waals surface area contributed by atoms with E-state index in [4.69, 9.17) is 9.40 Å². The molecule has 0 unspecified atom stereocenters. The van der Waals surface area contributed by atoms with Crippen LogP contribution in [0.4, 0.5) is 0 Å². The van der Waals surface area contributed by atoms with E-state index >= 15 is 0 Å². The maximum absolute atomic E-state index is 10.7. The highest BCUT2D eigenvalue weighted by Gasteiger charge is 2.22. The smallest absolute Gasteiger partial charge is 0.231 e. The van der Waals surface area contributed by atoms with Crippen molar-refractivity contribution in [2.24, 2.45) is 0 Å². The monoisotopic (exact) mass is 347 g/mol. The van der Waals surface area contributed by atoms with Crippen LogP contribution >= 0.6 is 0 Å². The van der Waals surface area contributed by atoms with Crippen LogP contribution < -0.4 is 0 Å². The summed E-state index contributed by atoms with van der Waals surface area (Å²) in [7, 11) is 0. The molecule has 5 heteroatoms. The second kappa shape index (κ2) is 5.87. The SMILES string of the molecule is Cc1nc2cc(-c3nc4ccccc4o3)c(O)cc2n1C1CCCCC1. The van der Waals surface area contributed by atoms with Crippen molar-refractivity contribution in [1.29, 1.82) is 0 Å².